The Kier molecular flexibility index (Phi) is 4.27. The summed E-state index contributed by atoms with van der Waals surface area (Å²) in [5, 5.41) is 17.2. The average Bonchev–Trinajstić information content (AvgIpc) is 3.22. The summed E-state index contributed by atoms with van der Waals surface area (Å²) in [4.78, 5) is 12.6. The number of rotatable bonds is 3. The van der Waals surface area contributed by atoms with E-state index in [1.807, 2.05) is 27.0 Å². The van der Waals surface area contributed by atoms with Crippen molar-refractivity contribution >= 4 is 11.6 Å². The standard InChI is InChI=1S/C19H21FN6O/c1-10-17(11(2)26(3)25-10)15-8-16(24-23-15)19(27)22-14-5-4-12-9-21-7-6-13(12)18(14)20/h4-5,8,21H,6-7,9H2,1-3H3,(H,22,27)(H,23,24). The SMILES string of the molecule is Cc1nn(C)c(C)c1-c1cc(C(=O)Nc2ccc3c(c2F)CCNC3)[nH]n1. The molecule has 0 fully saturated rings. The molecule has 0 bridgehead atoms. The summed E-state index contributed by atoms with van der Waals surface area (Å²) in [7, 11) is 1.86. The number of halogens is 1. The van der Waals surface area contributed by atoms with Crippen LogP contribution in [0.15, 0.2) is 18.2 Å². The molecule has 0 saturated carbocycles. The predicted octanol–water partition coefficient (Wildman–Crippen LogP) is 2.46. The Bertz CT molecular complexity index is 1040. The van der Waals surface area contributed by atoms with Gasteiger partial charge in [-0.2, -0.15) is 10.2 Å². The summed E-state index contributed by atoms with van der Waals surface area (Å²) >= 11 is 0. The van der Waals surface area contributed by atoms with E-state index < -0.39 is 5.91 Å². The molecule has 8 heteroatoms. The van der Waals surface area contributed by atoms with Gasteiger partial charge in [0, 0.05) is 24.8 Å². The number of nitrogens with zero attached hydrogens (tertiary/aromatic N) is 3. The predicted molar refractivity (Wildman–Crippen MR) is 100 cm³/mol. The average molecular weight is 368 g/mol. The minimum atomic E-state index is -0.430. The van der Waals surface area contributed by atoms with Crippen LogP contribution in [0.2, 0.25) is 0 Å². The summed E-state index contributed by atoms with van der Waals surface area (Å²) in [6.45, 7) is 5.22. The first kappa shape index (κ1) is 17.4. The van der Waals surface area contributed by atoms with Crippen molar-refractivity contribution in [1.82, 2.24) is 25.3 Å². The topological polar surface area (TPSA) is 87.6 Å². The van der Waals surface area contributed by atoms with Crippen LogP contribution in [-0.4, -0.2) is 32.4 Å². The second-order valence-corrected chi connectivity index (χ2v) is 6.78. The summed E-state index contributed by atoms with van der Waals surface area (Å²) in [5.74, 6) is -0.790. The first-order valence-corrected chi connectivity index (χ1v) is 8.84. The van der Waals surface area contributed by atoms with Crippen molar-refractivity contribution in [2.75, 3.05) is 11.9 Å². The zero-order valence-electron chi connectivity index (χ0n) is 15.5. The molecule has 3 N–H and O–H groups in total. The number of carbonyl (C=O) groups is 1. The normalized spacial score (nSPS) is 13.5. The van der Waals surface area contributed by atoms with Gasteiger partial charge in [-0.1, -0.05) is 6.07 Å². The van der Waals surface area contributed by atoms with Gasteiger partial charge in [-0.15, -0.1) is 0 Å². The second kappa shape index (κ2) is 6.62. The van der Waals surface area contributed by atoms with E-state index in [9.17, 15) is 9.18 Å². The first-order chi connectivity index (χ1) is 13.0. The lowest BCUT2D eigenvalue weighted by molar-refractivity contribution is 0.102. The quantitative estimate of drug-likeness (QED) is 0.663. The Hall–Kier alpha value is -3.00. The van der Waals surface area contributed by atoms with E-state index in [0.717, 1.165) is 29.1 Å². The fourth-order valence-corrected chi connectivity index (χ4v) is 3.53. The van der Waals surface area contributed by atoms with E-state index in [1.165, 1.54) is 0 Å². The number of aryl methyl sites for hydroxylation is 2. The number of H-pyrrole nitrogens is 1. The molecule has 0 spiro atoms. The van der Waals surface area contributed by atoms with Gasteiger partial charge in [0.1, 0.15) is 11.5 Å². The van der Waals surface area contributed by atoms with Crippen LogP contribution in [0.3, 0.4) is 0 Å². The highest BCUT2D eigenvalue weighted by atomic mass is 19.1. The highest BCUT2D eigenvalue weighted by Gasteiger charge is 2.20. The lowest BCUT2D eigenvalue weighted by Gasteiger charge is -2.19. The van der Waals surface area contributed by atoms with E-state index in [4.69, 9.17) is 0 Å². The Labute approximate surface area is 156 Å². The summed E-state index contributed by atoms with van der Waals surface area (Å²) in [6, 6.07) is 5.11. The van der Waals surface area contributed by atoms with Gasteiger partial charge in [-0.25, -0.2) is 4.39 Å². The number of carbonyl (C=O) groups excluding carboxylic acids is 1. The number of benzene rings is 1. The van der Waals surface area contributed by atoms with Crippen molar-refractivity contribution < 1.29 is 9.18 Å². The molecule has 7 nitrogen and oxygen atoms in total. The number of aromatic amines is 1. The van der Waals surface area contributed by atoms with Crippen LogP contribution < -0.4 is 10.6 Å². The molecular formula is C19H21FN6O. The minimum Gasteiger partial charge on any atom is -0.318 e. The van der Waals surface area contributed by atoms with Gasteiger partial charge < -0.3 is 10.6 Å². The number of anilines is 1. The molecule has 4 rings (SSSR count). The van der Waals surface area contributed by atoms with Gasteiger partial charge in [-0.05, 0) is 50.1 Å². The molecule has 0 atom stereocenters. The fourth-order valence-electron chi connectivity index (χ4n) is 3.53. The Morgan fingerprint density at radius 1 is 1.33 bits per heavy atom. The Morgan fingerprint density at radius 3 is 2.89 bits per heavy atom. The third-order valence-electron chi connectivity index (χ3n) is 5.04. The number of nitrogens with one attached hydrogen (secondary N) is 3. The van der Waals surface area contributed by atoms with Gasteiger partial charge in [0.25, 0.3) is 5.91 Å². The van der Waals surface area contributed by atoms with Crippen LogP contribution in [0.5, 0.6) is 0 Å². The van der Waals surface area contributed by atoms with Crippen molar-refractivity contribution in [3.63, 3.8) is 0 Å². The zero-order valence-corrected chi connectivity index (χ0v) is 15.5. The largest absolute Gasteiger partial charge is 0.318 e. The number of amides is 1. The van der Waals surface area contributed by atoms with Crippen LogP contribution in [0, 0.1) is 19.7 Å². The second-order valence-electron chi connectivity index (χ2n) is 6.78. The molecule has 140 valence electrons. The van der Waals surface area contributed by atoms with Crippen LogP contribution >= 0.6 is 0 Å². The molecule has 1 aromatic carbocycles. The van der Waals surface area contributed by atoms with E-state index in [0.29, 0.717) is 24.2 Å². The Balaban J connectivity index is 1.59. The molecule has 1 aliphatic heterocycles. The number of aromatic nitrogens is 4. The third-order valence-corrected chi connectivity index (χ3v) is 5.04. The van der Waals surface area contributed by atoms with Crippen molar-refractivity contribution in [1.29, 1.82) is 0 Å². The summed E-state index contributed by atoms with van der Waals surface area (Å²) < 4.78 is 16.5. The molecule has 0 unspecified atom stereocenters. The van der Waals surface area contributed by atoms with Gasteiger partial charge in [-0.3, -0.25) is 14.6 Å². The van der Waals surface area contributed by atoms with E-state index in [2.05, 4.69) is 25.9 Å². The maximum Gasteiger partial charge on any atom is 0.273 e. The maximum atomic E-state index is 14.7. The van der Waals surface area contributed by atoms with Gasteiger partial charge in [0.15, 0.2) is 0 Å². The van der Waals surface area contributed by atoms with Gasteiger partial charge in [0.05, 0.1) is 17.1 Å². The smallest absolute Gasteiger partial charge is 0.273 e. The first-order valence-electron chi connectivity index (χ1n) is 8.84. The molecule has 27 heavy (non-hydrogen) atoms. The van der Waals surface area contributed by atoms with Gasteiger partial charge in [0.2, 0.25) is 0 Å². The summed E-state index contributed by atoms with van der Waals surface area (Å²) in [6.07, 6.45) is 0.610. The Morgan fingerprint density at radius 2 is 2.15 bits per heavy atom. The molecule has 3 aromatic rings. The molecule has 0 radical (unpaired) electrons. The van der Waals surface area contributed by atoms with E-state index >= 15 is 0 Å². The molecule has 1 amide bonds. The molecule has 3 heterocycles. The van der Waals surface area contributed by atoms with Crippen molar-refractivity contribution in [2.45, 2.75) is 26.8 Å². The lowest BCUT2D eigenvalue weighted by Crippen LogP contribution is -2.25. The molecule has 1 aliphatic rings. The van der Waals surface area contributed by atoms with E-state index in [1.54, 1.807) is 16.8 Å². The number of hydrogen-bond donors (Lipinski definition) is 3. The lowest BCUT2D eigenvalue weighted by atomic mass is 9.99. The molecule has 0 aliphatic carbocycles. The summed E-state index contributed by atoms with van der Waals surface area (Å²) in [5.41, 5.74) is 5.38. The third kappa shape index (κ3) is 3.02. The molecular weight excluding hydrogens is 347 g/mol. The van der Waals surface area contributed by atoms with Crippen LogP contribution in [0.1, 0.15) is 33.0 Å². The molecule has 0 saturated heterocycles. The van der Waals surface area contributed by atoms with Crippen LogP contribution in [0.25, 0.3) is 11.3 Å². The van der Waals surface area contributed by atoms with Crippen LogP contribution in [-0.2, 0) is 20.0 Å². The molecule has 2 aromatic heterocycles. The number of hydrogen-bond acceptors (Lipinski definition) is 4. The monoisotopic (exact) mass is 368 g/mol. The van der Waals surface area contributed by atoms with Crippen molar-refractivity contribution in [3.05, 3.63) is 52.2 Å². The highest BCUT2D eigenvalue weighted by Crippen LogP contribution is 2.27. The van der Waals surface area contributed by atoms with E-state index in [-0.39, 0.29) is 17.2 Å². The van der Waals surface area contributed by atoms with Gasteiger partial charge >= 0.3 is 0 Å². The highest BCUT2D eigenvalue weighted by molar-refractivity contribution is 6.03. The van der Waals surface area contributed by atoms with Crippen molar-refractivity contribution in [3.8, 4) is 11.3 Å². The van der Waals surface area contributed by atoms with Crippen LogP contribution in [0.4, 0.5) is 10.1 Å². The minimum absolute atomic E-state index is 0.186. The maximum absolute atomic E-state index is 14.7. The van der Waals surface area contributed by atoms with Crippen molar-refractivity contribution in [2.24, 2.45) is 7.05 Å². The fraction of sp³-hybridized carbons (Fsp3) is 0.316. The zero-order chi connectivity index (χ0) is 19.1. The number of fused-ring (bicyclic) bond motifs is 1.